The number of nitrogens with zero attached hydrogens (tertiary/aromatic N) is 4. The number of aromatic nitrogens is 3. The summed E-state index contributed by atoms with van der Waals surface area (Å²) in [5.74, 6) is 2.11. The lowest BCUT2D eigenvalue weighted by molar-refractivity contribution is 0.0935. The summed E-state index contributed by atoms with van der Waals surface area (Å²) in [6, 6.07) is 18.5. The highest BCUT2D eigenvalue weighted by molar-refractivity contribution is 5.98. The highest BCUT2D eigenvalue weighted by Gasteiger charge is 2.23. The minimum absolute atomic E-state index is 0.000253. The fourth-order valence-corrected chi connectivity index (χ4v) is 4.99. The molecule has 0 unspecified atom stereocenters. The van der Waals surface area contributed by atoms with E-state index in [0.29, 0.717) is 30.1 Å². The van der Waals surface area contributed by atoms with Crippen LogP contribution in [0.4, 0.5) is 11.8 Å². The second-order valence-corrected chi connectivity index (χ2v) is 9.50. The first kappa shape index (κ1) is 22.2. The molecule has 0 radical (unpaired) electrons. The van der Waals surface area contributed by atoms with Gasteiger partial charge in [-0.15, -0.1) is 0 Å². The van der Waals surface area contributed by atoms with Crippen molar-refractivity contribution < 1.29 is 4.79 Å². The SMILES string of the molecule is CN(C)c1nc(NC2CCC(CNC(=O)c3cc4ccccc4n3C)CC2)nc2ccccc12. The lowest BCUT2D eigenvalue weighted by atomic mass is 9.86. The third-order valence-electron chi connectivity index (χ3n) is 6.92. The molecule has 0 saturated heterocycles. The molecule has 0 spiro atoms. The average molecular weight is 457 g/mol. The van der Waals surface area contributed by atoms with E-state index in [1.165, 1.54) is 0 Å². The summed E-state index contributed by atoms with van der Waals surface area (Å²) in [6.07, 6.45) is 4.23. The van der Waals surface area contributed by atoms with E-state index in [1.807, 2.05) is 79.1 Å². The summed E-state index contributed by atoms with van der Waals surface area (Å²) < 4.78 is 1.97. The van der Waals surface area contributed by atoms with Crippen LogP contribution in [-0.4, -0.2) is 47.1 Å². The number of fused-ring (bicyclic) bond motifs is 2. The van der Waals surface area contributed by atoms with Gasteiger partial charge in [-0.3, -0.25) is 4.79 Å². The van der Waals surface area contributed by atoms with Gasteiger partial charge >= 0.3 is 0 Å². The molecule has 1 aliphatic carbocycles. The summed E-state index contributed by atoms with van der Waals surface area (Å²) in [4.78, 5) is 24.4. The summed E-state index contributed by atoms with van der Waals surface area (Å²) >= 11 is 0. The molecule has 1 fully saturated rings. The lowest BCUT2D eigenvalue weighted by Gasteiger charge is -2.29. The Bertz CT molecular complexity index is 1320. The van der Waals surface area contributed by atoms with Gasteiger partial charge in [0.2, 0.25) is 5.95 Å². The highest BCUT2D eigenvalue weighted by atomic mass is 16.1. The smallest absolute Gasteiger partial charge is 0.267 e. The van der Waals surface area contributed by atoms with Crippen molar-refractivity contribution in [3.8, 4) is 0 Å². The molecule has 5 rings (SSSR count). The predicted molar refractivity (Wildman–Crippen MR) is 138 cm³/mol. The van der Waals surface area contributed by atoms with Crippen molar-refractivity contribution in [1.82, 2.24) is 19.9 Å². The van der Waals surface area contributed by atoms with Crippen LogP contribution in [0.5, 0.6) is 0 Å². The fraction of sp³-hybridized carbons (Fsp3) is 0.370. The van der Waals surface area contributed by atoms with Crippen LogP contribution in [0.15, 0.2) is 54.6 Å². The Hall–Kier alpha value is -3.61. The van der Waals surface area contributed by atoms with E-state index in [1.54, 1.807) is 0 Å². The Kier molecular flexibility index (Phi) is 6.09. The maximum absolute atomic E-state index is 12.8. The van der Waals surface area contributed by atoms with E-state index < -0.39 is 0 Å². The van der Waals surface area contributed by atoms with Crippen molar-refractivity contribution in [3.05, 3.63) is 60.3 Å². The Morgan fingerprint density at radius 1 is 1.03 bits per heavy atom. The van der Waals surface area contributed by atoms with E-state index in [-0.39, 0.29) is 5.91 Å². The molecular weight excluding hydrogens is 424 g/mol. The van der Waals surface area contributed by atoms with Crippen LogP contribution in [0.1, 0.15) is 36.2 Å². The second-order valence-electron chi connectivity index (χ2n) is 9.50. The van der Waals surface area contributed by atoms with Crippen LogP contribution in [0.25, 0.3) is 21.8 Å². The molecule has 1 amide bonds. The van der Waals surface area contributed by atoms with Crippen LogP contribution < -0.4 is 15.5 Å². The number of rotatable bonds is 6. The summed E-state index contributed by atoms with van der Waals surface area (Å²) in [5.41, 5.74) is 2.74. The first-order valence-electron chi connectivity index (χ1n) is 12.0. The predicted octanol–water partition coefficient (Wildman–Crippen LogP) is 4.59. The van der Waals surface area contributed by atoms with Crippen LogP contribution in [0.2, 0.25) is 0 Å². The molecule has 0 atom stereocenters. The van der Waals surface area contributed by atoms with Gasteiger partial charge in [-0.25, -0.2) is 4.98 Å². The van der Waals surface area contributed by atoms with Crippen molar-refractivity contribution in [3.63, 3.8) is 0 Å². The number of para-hydroxylation sites is 2. The molecule has 34 heavy (non-hydrogen) atoms. The summed E-state index contributed by atoms with van der Waals surface area (Å²) in [6.45, 7) is 0.713. The number of nitrogens with one attached hydrogen (secondary N) is 2. The molecule has 1 aliphatic rings. The molecule has 7 nitrogen and oxygen atoms in total. The number of carbonyl (C=O) groups excluding carboxylic acids is 1. The van der Waals surface area contributed by atoms with Crippen LogP contribution in [0.3, 0.4) is 0 Å². The maximum Gasteiger partial charge on any atom is 0.267 e. The number of aryl methyl sites for hydroxylation is 1. The van der Waals surface area contributed by atoms with Crippen LogP contribution in [-0.2, 0) is 7.05 Å². The lowest BCUT2D eigenvalue weighted by Crippen LogP contribution is -2.34. The Labute approximate surface area is 200 Å². The van der Waals surface area contributed by atoms with Crippen molar-refractivity contribution in [1.29, 1.82) is 0 Å². The number of hydrogen-bond acceptors (Lipinski definition) is 5. The monoisotopic (exact) mass is 456 g/mol. The van der Waals surface area contributed by atoms with E-state index in [9.17, 15) is 4.79 Å². The molecule has 7 heteroatoms. The Balaban J connectivity index is 1.17. The first-order chi connectivity index (χ1) is 16.5. The van der Waals surface area contributed by atoms with E-state index >= 15 is 0 Å². The number of benzene rings is 2. The van der Waals surface area contributed by atoms with Crippen molar-refractivity contribution in [2.45, 2.75) is 31.7 Å². The topological polar surface area (TPSA) is 75.1 Å². The minimum Gasteiger partial charge on any atom is -0.362 e. The molecule has 2 heterocycles. The number of hydrogen-bond donors (Lipinski definition) is 2. The van der Waals surface area contributed by atoms with Gasteiger partial charge in [0.25, 0.3) is 5.91 Å². The summed E-state index contributed by atoms with van der Waals surface area (Å²) in [5, 5.41) is 8.88. The van der Waals surface area contributed by atoms with Gasteiger partial charge in [0.1, 0.15) is 11.5 Å². The average Bonchev–Trinajstić information content (AvgIpc) is 3.19. The van der Waals surface area contributed by atoms with E-state index in [0.717, 1.165) is 53.3 Å². The standard InChI is InChI=1S/C27H32N6O/c1-32(2)25-21-9-5-6-10-22(21)30-27(31-25)29-20-14-12-18(13-15-20)17-28-26(34)24-16-19-8-4-7-11-23(19)33(24)3/h4-11,16,18,20H,12-15,17H2,1-3H3,(H,28,34)(H,29,30,31). The quantitative estimate of drug-likeness (QED) is 0.444. The number of carbonyl (C=O) groups is 1. The Morgan fingerprint density at radius 3 is 2.53 bits per heavy atom. The van der Waals surface area contributed by atoms with Gasteiger partial charge in [0, 0.05) is 50.0 Å². The molecular formula is C27H32N6O. The normalized spacial score (nSPS) is 18.2. The minimum atomic E-state index is -0.000253. The molecule has 1 saturated carbocycles. The van der Waals surface area contributed by atoms with Crippen molar-refractivity contribution in [2.75, 3.05) is 30.9 Å². The third kappa shape index (κ3) is 4.42. The van der Waals surface area contributed by atoms with Crippen LogP contribution in [0, 0.1) is 5.92 Å². The van der Waals surface area contributed by atoms with Gasteiger partial charge in [0.15, 0.2) is 0 Å². The molecule has 2 aromatic carbocycles. The van der Waals surface area contributed by atoms with Gasteiger partial charge in [-0.1, -0.05) is 30.3 Å². The van der Waals surface area contributed by atoms with E-state index in [2.05, 4.69) is 16.7 Å². The van der Waals surface area contributed by atoms with Gasteiger partial charge < -0.3 is 20.1 Å². The molecule has 2 N–H and O–H groups in total. The van der Waals surface area contributed by atoms with Crippen molar-refractivity contribution >= 4 is 39.5 Å². The maximum atomic E-state index is 12.8. The Morgan fingerprint density at radius 2 is 1.76 bits per heavy atom. The zero-order valence-corrected chi connectivity index (χ0v) is 20.1. The second kappa shape index (κ2) is 9.33. The zero-order chi connectivity index (χ0) is 23.7. The summed E-state index contributed by atoms with van der Waals surface area (Å²) in [7, 11) is 5.97. The third-order valence-corrected chi connectivity index (χ3v) is 6.92. The molecule has 176 valence electrons. The molecule has 4 aromatic rings. The zero-order valence-electron chi connectivity index (χ0n) is 20.1. The number of amides is 1. The van der Waals surface area contributed by atoms with Crippen molar-refractivity contribution in [2.24, 2.45) is 13.0 Å². The molecule has 0 aliphatic heterocycles. The van der Waals surface area contributed by atoms with Gasteiger partial charge in [-0.05, 0) is 55.9 Å². The van der Waals surface area contributed by atoms with Crippen LogP contribution >= 0.6 is 0 Å². The number of anilines is 2. The highest BCUT2D eigenvalue weighted by Crippen LogP contribution is 2.28. The fourth-order valence-electron chi connectivity index (χ4n) is 4.99. The molecule has 2 aromatic heterocycles. The molecule has 0 bridgehead atoms. The largest absolute Gasteiger partial charge is 0.362 e. The first-order valence-corrected chi connectivity index (χ1v) is 12.0. The van der Waals surface area contributed by atoms with Gasteiger partial charge in [-0.2, -0.15) is 4.98 Å². The van der Waals surface area contributed by atoms with Gasteiger partial charge in [0.05, 0.1) is 5.52 Å². The van der Waals surface area contributed by atoms with E-state index in [4.69, 9.17) is 9.97 Å².